The average Bonchev–Trinajstić information content (AvgIpc) is 2.95. The molecule has 140 valence electrons. The lowest BCUT2D eigenvalue weighted by Crippen LogP contribution is -2.34. The minimum Gasteiger partial charge on any atom is -0.508 e. The van der Waals surface area contributed by atoms with E-state index >= 15 is 0 Å². The number of ether oxygens (including phenoxy) is 2. The second-order valence-corrected chi connectivity index (χ2v) is 7.13. The van der Waals surface area contributed by atoms with Crippen LogP contribution in [0.1, 0.15) is 46.0 Å². The number of hydrogen-bond donors (Lipinski definition) is 2. The number of hydrogen-bond acceptors (Lipinski definition) is 5. The van der Waals surface area contributed by atoms with Gasteiger partial charge in [-0.05, 0) is 36.2 Å². The summed E-state index contributed by atoms with van der Waals surface area (Å²) in [5, 5.41) is 20.2. The number of benzene rings is 3. The molecule has 2 N–H and O–H groups in total. The van der Waals surface area contributed by atoms with Gasteiger partial charge in [-0.2, -0.15) is 0 Å². The number of esters is 1. The molecule has 0 aromatic heterocycles. The lowest BCUT2D eigenvalue weighted by atomic mass is 9.75. The Morgan fingerprint density at radius 3 is 2.54 bits per heavy atom. The minimum absolute atomic E-state index is 0.0453. The molecule has 1 unspecified atom stereocenters. The quantitative estimate of drug-likeness (QED) is 0.640. The van der Waals surface area contributed by atoms with Gasteiger partial charge in [-0.1, -0.05) is 31.5 Å². The van der Waals surface area contributed by atoms with Crippen molar-refractivity contribution in [2.45, 2.75) is 25.4 Å². The van der Waals surface area contributed by atoms with E-state index in [9.17, 15) is 15.0 Å². The first-order valence-electron chi connectivity index (χ1n) is 9.25. The zero-order chi connectivity index (χ0) is 19.5. The third-order valence-electron chi connectivity index (χ3n) is 5.38. The predicted molar refractivity (Wildman–Crippen MR) is 102 cm³/mol. The molecule has 3 aromatic carbocycles. The number of carbonyl (C=O) groups is 1. The standard InChI is InChI=1S/C23H18O5/c1-2-5-13-10-15(25)12-20-21(13)23(18-9-8-14(24)11-19(18)27-20)17-7-4-3-6-16(17)22(26)28-23/h3-4,6-12,24-25H,2,5H2,1H3. The predicted octanol–water partition coefficient (Wildman–Crippen LogP) is 4.62. The van der Waals surface area contributed by atoms with Crippen molar-refractivity contribution in [3.05, 3.63) is 82.4 Å². The highest BCUT2D eigenvalue weighted by Crippen LogP contribution is 2.58. The molecule has 0 saturated heterocycles. The van der Waals surface area contributed by atoms with E-state index in [1.165, 1.54) is 12.1 Å². The largest absolute Gasteiger partial charge is 0.508 e. The highest BCUT2D eigenvalue weighted by molar-refractivity contribution is 5.97. The van der Waals surface area contributed by atoms with Crippen LogP contribution in [0.5, 0.6) is 23.0 Å². The number of fused-ring (bicyclic) bond motifs is 6. The molecule has 0 aliphatic carbocycles. The van der Waals surface area contributed by atoms with E-state index in [0.29, 0.717) is 29.0 Å². The topological polar surface area (TPSA) is 76.0 Å². The molecule has 2 heterocycles. The molecule has 0 fully saturated rings. The maximum Gasteiger partial charge on any atom is 0.340 e. The monoisotopic (exact) mass is 374 g/mol. The summed E-state index contributed by atoms with van der Waals surface area (Å²) in [6.45, 7) is 2.05. The first-order valence-corrected chi connectivity index (χ1v) is 9.25. The maximum atomic E-state index is 12.8. The smallest absolute Gasteiger partial charge is 0.340 e. The Morgan fingerprint density at radius 2 is 1.71 bits per heavy atom. The summed E-state index contributed by atoms with van der Waals surface area (Å²) in [7, 11) is 0. The van der Waals surface area contributed by atoms with E-state index in [1.54, 1.807) is 30.3 Å². The second kappa shape index (κ2) is 5.76. The van der Waals surface area contributed by atoms with Gasteiger partial charge in [0.2, 0.25) is 0 Å². The molecule has 2 aliphatic heterocycles. The van der Waals surface area contributed by atoms with Crippen LogP contribution in [0.25, 0.3) is 0 Å². The Bertz CT molecular complexity index is 1130. The van der Waals surface area contributed by atoms with Crippen molar-refractivity contribution in [3.63, 3.8) is 0 Å². The van der Waals surface area contributed by atoms with Crippen LogP contribution in [0.15, 0.2) is 54.6 Å². The van der Waals surface area contributed by atoms with Crippen molar-refractivity contribution in [2.75, 3.05) is 0 Å². The summed E-state index contributed by atoms with van der Waals surface area (Å²) in [5.41, 5.74) is 2.30. The van der Waals surface area contributed by atoms with E-state index in [2.05, 4.69) is 0 Å². The van der Waals surface area contributed by atoms with E-state index in [4.69, 9.17) is 9.47 Å². The fourth-order valence-corrected chi connectivity index (χ4v) is 4.35. The van der Waals surface area contributed by atoms with Crippen molar-refractivity contribution in [3.8, 4) is 23.0 Å². The van der Waals surface area contributed by atoms with Gasteiger partial charge in [0.05, 0.1) is 11.1 Å². The number of rotatable bonds is 2. The van der Waals surface area contributed by atoms with Crippen LogP contribution < -0.4 is 4.74 Å². The summed E-state index contributed by atoms with van der Waals surface area (Å²) in [5.74, 6) is 0.538. The molecule has 0 saturated carbocycles. The summed E-state index contributed by atoms with van der Waals surface area (Å²) in [4.78, 5) is 12.8. The van der Waals surface area contributed by atoms with Gasteiger partial charge in [-0.3, -0.25) is 0 Å². The normalized spacial score (nSPS) is 18.8. The molecule has 1 spiro atoms. The molecule has 0 amide bonds. The second-order valence-electron chi connectivity index (χ2n) is 7.13. The molecule has 1 atom stereocenters. The first-order chi connectivity index (χ1) is 13.5. The van der Waals surface area contributed by atoms with Crippen LogP contribution in [-0.2, 0) is 16.8 Å². The van der Waals surface area contributed by atoms with E-state index < -0.39 is 11.6 Å². The maximum absolute atomic E-state index is 12.8. The van der Waals surface area contributed by atoms with Gasteiger partial charge >= 0.3 is 5.97 Å². The first kappa shape index (κ1) is 16.7. The average molecular weight is 374 g/mol. The van der Waals surface area contributed by atoms with Crippen LogP contribution in [0, 0.1) is 0 Å². The molecular formula is C23H18O5. The van der Waals surface area contributed by atoms with Crippen LogP contribution in [0.2, 0.25) is 0 Å². The van der Waals surface area contributed by atoms with E-state index in [0.717, 1.165) is 23.1 Å². The summed E-state index contributed by atoms with van der Waals surface area (Å²) >= 11 is 0. The Labute approximate surface area is 161 Å². The van der Waals surface area contributed by atoms with Gasteiger partial charge in [0.15, 0.2) is 5.60 Å². The molecule has 5 nitrogen and oxygen atoms in total. The fraction of sp³-hybridized carbons (Fsp3) is 0.174. The molecule has 3 aromatic rings. The number of phenolic OH excluding ortho intramolecular Hbond substituents is 2. The zero-order valence-electron chi connectivity index (χ0n) is 15.2. The molecule has 28 heavy (non-hydrogen) atoms. The van der Waals surface area contributed by atoms with Gasteiger partial charge in [0, 0.05) is 23.3 Å². The third-order valence-corrected chi connectivity index (χ3v) is 5.38. The van der Waals surface area contributed by atoms with Crippen molar-refractivity contribution >= 4 is 5.97 Å². The minimum atomic E-state index is -1.18. The number of carbonyl (C=O) groups excluding carboxylic acids is 1. The van der Waals surface area contributed by atoms with Gasteiger partial charge in [-0.25, -0.2) is 4.79 Å². The van der Waals surface area contributed by atoms with Gasteiger partial charge in [0.1, 0.15) is 23.0 Å². The zero-order valence-corrected chi connectivity index (χ0v) is 15.2. The Hall–Kier alpha value is -3.47. The highest BCUT2D eigenvalue weighted by atomic mass is 16.6. The van der Waals surface area contributed by atoms with Crippen LogP contribution in [0.4, 0.5) is 0 Å². The Balaban J connectivity index is 1.92. The van der Waals surface area contributed by atoms with E-state index in [1.807, 2.05) is 19.1 Å². The molecule has 5 heteroatoms. The van der Waals surface area contributed by atoms with Crippen LogP contribution in [-0.4, -0.2) is 16.2 Å². The van der Waals surface area contributed by atoms with Crippen molar-refractivity contribution in [2.24, 2.45) is 0 Å². The lowest BCUT2D eigenvalue weighted by Gasteiger charge is -2.38. The number of phenols is 2. The van der Waals surface area contributed by atoms with Crippen LogP contribution >= 0.6 is 0 Å². The lowest BCUT2D eigenvalue weighted by molar-refractivity contribution is 0.0221. The molecule has 0 bridgehead atoms. The SMILES string of the molecule is CCCc1cc(O)cc2c1C1(OC(=O)c3ccccc31)c1ccc(O)cc1O2. The Kier molecular flexibility index (Phi) is 3.43. The number of aromatic hydroxyl groups is 2. The highest BCUT2D eigenvalue weighted by Gasteiger charge is 2.54. The van der Waals surface area contributed by atoms with Gasteiger partial charge in [0.25, 0.3) is 0 Å². The fourth-order valence-electron chi connectivity index (χ4n) is 4.35. The van der Waals surface area contributed by atoms with Gasteiger partial charge < -0.3 is 19.7 Å². The van der Waals surface area contributed by atoms with Crippen molar-refractivity contribution in [1.82, 2.24) is 0 Å². The summed E-state index contributed by atoms with van der Waals surface area (Å²) in [6, 6.07) is 15.3. The molecular weight excluding hydrogens is 356 g/mol. The third kappa shape index (κ3) is 2.10. The van der Waals surface area contributed by atoms with E-state index in [-0.39, 0.29) is 11.5 Å². The molecule has 0 radical (unpaired) electrons. The van der Waals surface area contributed by atoms with Crippen molar-refractivity contribution < 1.29 is 24.5 Å². The summed E-state index contributed by atoms with van der Waals surface area (Å²) < 4.78 is 12.1. The van der Waals surface area contributed by atoms with Crippen LogP contribution in [0.3, 0.4) is 0 Å². The molecule has 5 rings (SSSR count). The van der Waals surface area contributed by atoms with Gasteiger partial charge in [-0.15, -0.1) is 0 Å². The number of aryl methyl sites for hydroxylation is 1. The molecule has 2 aliphatic rings. The van der Waals surface area contributed by atoms with Crippen molar-refractivity contribution in [1.29, 1.82) is 0 Å². The Morgan fingerprint density at radius 1 is 0.929 bits per heavy atom. The summed E-state index contributed by atoms with van der Waals surface area (Å²) in [6.07, 6.45) is 1.54.